The van der Waals surface area contributed by atoms with E-state index in [2.05, 4.69) is 10.6 Å². The second-order valence-corrected chi connectivity index (χ2v) is 2.86. The van der Waals surface area contributed by atoms with Gasteiger partial charge in [-0.25, -0.2) is 4.39 Å². The number of carbonyl (C=O) groups is 1. The quantitative estimate of drug-likeness (QED) is 0.762. The van der Waals surface area contributed by atoms with Crippen molar-refractivity contribution in [2.24, 2.45) is 0 Å². The van der Waals surface area contributed by atoms with Crippen LogP contribution in [0.15, 0.2) is 24.3 Å². The number of halogens is 1. The highest BCUT2D eigenvalue weighted by Gasteiger charge is 1.98. The second-order valence-electron chi connectivity index (χ2n) is 2.86. The number of anilines is 1. The largest absolute Gasteiger partial charge is 0.388 e. The molecule has 0 fully saturated rings. The van der Waals surface area contributed by atoms with Gasteiger partial charge in [-0.3, -0.25) is 4.79 Å². The summed E-state index contributed by atoms with van der Waals surface area (Å²) in [7, 11) is 1.83. The summed E-state index contributed by atoms with van der Waals surface area (Å²) in [6.45, 7) is -0.596. The van der Waals surface area contributed by atoms with Crippen LogP contribution in [0.4, 0.5) is 10.1 Å². The van der Waals surface area contributed by atoms with E-state index < -0.39 is 12.6 Å². The van der Waals surface area contributed by atoms with Crippen LogP contribution in [-0.2, 0) is 11.3 Å². The Labute approximate surface area is 82.3 Å². The third kappa shape index (κ3) is 3.05. The first kappa shape index (κ1) is 10.5. The van der Waals surface area contributed by atoms with Crippen LogP contribution in [0.2, 0.25) is 0 Å². The van der Waals surface area contributed by atoms with Crippen molar-refractivity contribution in [2.75, 3.05) is 19.0 Å². The highest BCUT2D eigenvalue weighted by molar-refractivity contribution is 5.76. The molecule has 1 rings (SSSR count). The molecule has 0 radical (unpaired) electrons. The molecule has 0 heterocycles. The molecule has 0 aliphatic rings. The standard InChI is InChI=1S/C10H13FN2O/c1-12-9-4-2-8(3-5-9)7-13-10(14)6-11/h2-5,12H,6-7H2,1H3,(H,13,14). The van der Waals surface area contributed by atoms with Gasteiger partial charge >= 0.3 is 0 Å². The first-order valence-electron chi connectivity index (χ1n) is 4.35. The molecule has 0 aromatic heterocycles. The van der Waals surface area contributed by atoms with Gasteiger partial charge in [0, 0.05) is 19.3 Å². The monoisotopic (exact) mass is 196 g/mol. The van der Waals surface area contributed by atoms with Crippen LogP contribution in [0.1, 0.15) is 5.56 Å². The normalized spacial score (nSPS) is 9.57. The lowest BCUT2D eigenvalue weighted by Gasteiger charge is -2.04. The fourth-order valence-electron chi connectivity index (χ4n) is 1.04. The highest BCUT2D eigenvalue weighted by Crippen LogP contribution is 2.07. The third-order valence-corrected chi connectivity index (χ3v) is 1.85. The molecule has 0 aliphatic carbocycles. The van der Waals surface area contributed by atoms with Gasteiger partial charge in [0.25, 0.3) is 5.91 Å². The van der Waals surface area contributed by atoms with E-state index in [4.69, 9.17) is 0 Å². The van der Waals surface area contributed by atoms with Crippen molar-refractivity contribution in [3.05, 3.63) is 29.8 Å². The Morgan fingerprint density at radius 1 is 1.36 bits per heavy atom. The Morgan fingerprint density at radius 3 is 2.50 bits per heavy atom. The molecule has 2 N–H and O–H groups in total. The number of benzene rings is 1. The van der Waals surface area contributed by atoms with Crippen LogP contribution in [0.25, 0.3) is 0 Å². The van der Waals surface area contributed by atoms with Gasteiger partial charge < -0.3 is 10.6 Å². The van der Waals surface area contributed by atoms with Crippen LogP contribution in [-0.4, -0.2) is 19.6 Å². The van der Waals surface area contributed by atoms with Crippen LogP contribution >= 0.6 is 0 Å². The Bertz CT molecular complexity index is 297. The minimum absolute atomic E-state index is 0.368. The van der Waals surface area contributed by atoms with Crippen LogP contribution in [0, 0.1) is 0 Å². The summed E-state index contributed by atoms with van der Waals surface area (Å²) in [5.74, 6) is -0.581. The molecule has 4 heteroatoms. The zero-order chi connectivity index (χ0) is 10.4. The number of nitrogens with one attached hydrogen (secondary N) is 2. The van der Waals surface area contributed by atoms with Crippen molar-refractivity contribution < 1.29 is 9.18 Å². The van der Waals surface area contributed by atoms with E-state index in [1.54, 1.807) is 0 Å². The molecular weight excluding hydrogens is 183 g/mol. The van der Waals surface area contributed by atoms with Gasteiger partial charge in [0.15, 0.2) is 6.67 Å². The summed E-state index contributed by atoms with van der Waals surface area (Å²) in [6.07, 6.45) is 0. The van der Waals surface area contributed by atoms with Crippen LogP contribution in [0.5, 0.6) is 0 Å². The van der Waals surface area contributed by atoms with E-state index >= 15 is 0 Å². The second kappa shape index (κ2) is 5.21. The number of hydrogen-bond acceptors (Lipinski definition) is 2. The average Bonchev–Trinajstić information content (AvgIpc) is 2.26. The van der Waals surface area contributed by atoms with E-state index in [9.17, 15) is 9.18 Å². The molecule has 0 unspecified atom stereocenters. The fourth-order valence-corrected chi connectivity index (χ4v) is 1.04. The molecule has 1 aromatic carbocycles. The van der Waals surface area contributed by atoms with Crippen molar-refractivity contribution >= 4 is 11.6 Å². The molecule has 0 atom stereocenters. The maximum Gasteiger partial charge on any atom is 0.251 e. The van der Waals surface area contributed by atoms with Gasteiger partial charge in [0.05, 0.1) is 0 Å². The molecule has 0 saturated carbocycles. The Morgan fingerprint density at radius 2 is 2.00 bits per heavy atom. The molecule has 0 aliphatic heterocycles. The molecule has 1 amide bonds. The summed E-state index contributed by atoms with van der Waals surface area (Å²) in [4.78, 5) is 10.6. The smallest absolute Gasteiger partial charge is 0.251 e. The van der Waals surface area contributed by atoms with E-state index in [1.165, 1.54) is 0 Å². The Balaban J connectivity index is 2.47. The van der Waals surface area contributed by atoms with Gasteiger partial charge in [0.1, 0.15) is 0 Å². The first-order chi connectivity index (χ1) is 6.76. The summed E-state index contributed by atoms with van der Waals surface area (Å²) < 4.78 is 11.8. The molecule has 1 aromatic rings. The molecule has 14 heavy (non-hydrogen) atoms. The van der Waals surface area contributed by atoms with Crippen LogP contribution < -0.4 is 10.6 Å². The minimum atomic E-state index is -0.964. The van der Waals surface area contributed by atoms with Gasteiger partial charge in [-0.15, -0.1) is 0 Å². The minimum Gasteiger partial charge on any atom is -0.388 e. The number of carbonyl (C=O) groups excluding carboxylic acids is 1. The lowest BCUT2D eigenvalue weighted by molar-refractivity contribution is -0.122. The van der Waals surface area contributed by atoms with E-state index in [1.807, 2.05) is 31.3 Å². The Kier molecular flexibility index (Phi) is 3.91. The van der Waals surface area contributed by atoms with E-state index in [-0.39, 0.29) is 0 Å². The van der Waals surface area contributed by atoms with E-state index in [0.717, 1.165) is 11.3 Å². The fraction of sp³-hybridized carbons (Fsp3) is 0.300. The summed E-state index contributed by atoms with van der Waals surface area (Å²) >= 11 is 0. The van der Waals surface area contributed by atoms with Crippen molar-refractivity contribution in [1.29, 1.82) is 0 Å². The summed E-state index contributed by atoms with van der Waals surface area (Å²) in [5, 5.41) is 5.43. The maximum absolute atomic E-state index is 11.8. The topological polar surface area (TPSA) is 41.1 Å². The number of hydrogen-bond donors (Lipinski definition) is 2. The van der Waals surface area contributed by atoms with Crippen molar-refractivity contribution in [2.45, 2.75) is 6.54 Å². The van der Waals surface area contributed by atoms with Crippen LogP contribution in [0.3, 0.4) is 0 Å². The Hall–Kier alpha value is -1.58. The highest BCUT2D eigenvalue weighted by atomic mass is 19.1. The van der Waals surface area contributed by atoms with Crippen molar-refractivity contribution in [3.8, 4) is 0 Å². The number of amides is 1. The van der Waals surface area contributed by atoms with Gasteiger partial charge in [0.2, 0.25) is 0 Å². The van der Waals surface area contributed by atoms with Gasteiger partial charge in [-0.1, -0.05) is 12.1 Å². The lowest BCUT2D eigenvalue weighted by Crippen LogP contribution is -2.23. The molecule has 0 spiro atoms. The lowest BCUT2D eigenvalue weighted by atomic mass is 10.2. The zero-order valence-corrected chi connectivity index (χ0v) is 8.01. The molecular formula is C10H13FN2O. The molecule has 0 saturated heterocycles. The zero-order valence-electron chi connectivity index (χ0n) is 8.01. The molecule has 0 bridgehead atoms. The van der Waals surface area contributed by atoms with Gasteiger partial charge in [-0.2, -0.15) is 0 Å². The SMILES string of the molecule is CNc1ccc(CNC(=O)CF)cc1. The summed E-state index contributed by atoms with van der Waals surface area (Å²) in [6, 6.07) is 7.56. The summed E-state index contributed by atoms with van der Waals surface area (Å²) in [5.41, 5.74) is 1.95. The van der Waals surface area contributed by atoms with Gasteiger partial charge in [-0.05, 0) is 17.7 Å². The van der Waals surface area contributed by atoms with Crippen molar-refractivity contribution in [3.63, 3.8) is 0 Å². The third-order valence-electron chi connectivity index (χ3n) is 1.85. The number of alkyl halides is 1. The average molecular weight is 196 g/mol. The predicted octanol–water partition coefficient (Wildman–Crippen LogP) is 1.31. The first-order valence-corrected chi connectivity index (χ1v) is 4.35. The molecule has 3 nitrogen and oxygen atoms in total. The molecule has 76 valence electrons. The maximum atomic E-state index is 11.8. The van der Waals surface area contributed by atoms with Crippen molar-refractivity contribution in [1.82, 2.24) is 5.32 Å². The number of rotatable bonds is 4. The van der Waals surface area contributed by atoms with E-state index in [0.29, 0.717) is 6.54 Å². The predicted molar refractivity (Wildman–Crippen MR) is 53.8 cm³/mol.